The van der Waals surface area contributed by atoms with Crippen LogP contribution in [0, 0.1) is 5.92 Å². The number of carbonyl (C=O) groups is 1. The van der Waals surface area contributed by atoms with Crippen molar-refractivity contribution in [1.29, 1.82) is 0 Å². The Morgan fingerprint density at radius 1 is 1.50 bits per heavy atom. The average Bonchev–Trinajstić information content (AvgIpc) is 2.79. The zero-order valence-electron chi connectivity index (χ0n) is 9.06. The third-order valence-electron chi connectivity index (χ3n) is 3.10. The van der Waals surface area contributed by atoms with Crippen LogP contribution in [0.2, 0.25) is 0 Å². The van der Waals surface area contributed by atoms with Crippen LogP contribution in [0.1, 0.15) is 32.1 Å². The third kappa shape index (κ3) is 2.72. The number of hydrogen-bond donors (Lipinski definition) is 2. The van der Waals surface area contributed by atoms with Crippen molar-refractivity contribution in [3.05, 3.63) is 11.6 Å². The molecule has 5 heteroatoms. The Balaban J connectivity index is 2.01. The molecule has 0 saturated heterocycles. The number of nitrogens with one attached hydrogen (secondary N) is 1. The van der Waals surface area contributed by atoms with Gasteiger partial charge in [-0.25, -0.2) is 9.78 Å². The second-order valence-corrected chi connectivity index (χ2v) is 5.09. The van der Waals surface area contributed by atoms with Crippen molar-refractivity contribution in [3.8, 4) is 0 Å². The molecule has 0 aliphatic heterocycles. The summed E-state index contributed by atoms with van der Waals surface area (Å²) in [4.78, 5) is 15.3. The van der Waals surface area contributed by atoms with Gasteiger partial charge in [-0.15, -0.1) is 11.3 Å². The highest BCUT2D eigenvalue weighted by molar-refractivity contribution is 7.13. The minimum Gasteiger partial charge on any atom is -0.480 e. The van der Waals surface area contributed by atoms with Gasteiger partial charge in [0.2, 0.25) is 0 Å². The van der Waals surface area contributed by atoms with Crippen LogP contribution in [-0.2, 0) is 4.79 Å². The largest absolute Gasteiger partial charge is 0.480 e. The predicted molar refractivity (Wildman–Crippen MR) is 63.7 cm³/mol. The summed E-state index contributed by atoms with van der Waals surface area (Å²) in [5.41, 5.74) is 0. The van der Waals surface area contributed by atoms with Gasteiger partial charge in [-0.2, -0.15) is 0 Å². The fourth-order valence-electron chi connectivity index (χ4n) is 2.28. The van der Waals surface area contributed by atoms with E-state index in [1.54, 1.807) is 6.20 Å². The molecule has 4 nitrogen and oxygen atoms in total. The number of hydrogen-bond acceptors (Lipinski definition) is 4. The highest BCUT2D eigenvalue weighted by atomic mass is 32.1. The van der Waals surface area contributed by atoms with Gasteiger partial charge in [-0.1, -0.05) is 19.3 Å². The molecule has 1 aromatic rings. The Hall–Kier alpha value is -1.10. The Morgan fingerprint density at radius 3 is 2.81 bits per heavy atom. The first-order chi connectivity index (χ1) is 7.77. The average molecular weight is 240 g/mol. The molecule has 0 amide bonds. The van der Waals surface area contributed by atoms with Crippen molar-refractivity contribution < 1.29 is 9.90 Å². The summed E-state index contributed by atoms with van der Waals surface area (Å²) in [6, 6.07) is -0.480. The van der Waals surface area contributed by atoms with Gasteiger partial charge in [-0.3, -0.25) is 0 Å². The van der Waals surface area contributed by atoms with Crippen LogP contribution >= 0.6 is 11.3 Å². The quantitative estimate of drug-likeness (QED) is 0.849. The number of carboxylic acids is 1. The molecule has 1 aromatic heterocycles. The van der Waals surface area contributed by atoms with Gasteiger partial charge in [0.15, 0.2) is 5.13 Å². The second-order valence-electron chi connectivity index (χ2n) is 4.20. The topological polar surface area (TPSA) is 62.2 Å². The van der Waals surface area contributed by atoms with E-state index >= 15 is 0 Å². The highest BCUT2D eigenvalue weighted by Crippen LogP contribution is 2.28. The van der Waals surface area contributed by atoms with E-state index in [4.69, 9.17) is 0 Å². The molecule has 1 aliphatic rings. The van der Waals surface area contributed by atoms with E-state index in [1.165, 1.54) is 17.8 Å². The van der Waals surface area contributed by atoms with Crippen molar-refractivity contribution in [2.75, 3.05) is 5.32 Å². The first-order valence-electron chi connectivity index (χ1n) is 5.66. The smallest absolute Gasteiger partial charge is 0.326 e. The van der Waals surface area contributed by atoms with E-state index in [1.807, 2.05) is 5.38 Å². The van der Waals surface area contributed by atoms with Crippen LogP contribution in [-0.4, -0.2) is 22.1 Å². The molecule has 1 saturated carbocycles. The summed E-state index contributed by atoms with van der Waals surface area (Å²) < 4.78 is 0. The van der Waals surface area contributed by atoms with E-state index in [0.717, 1.165) is 25.7 Å². The first-order valence-corrected chi connectivity index (χ1v) is 6.54. The number of anilines is 1. The maximum absolute atomic E-state index is 11.2. The molecular weight excluding hydrogens is 224 g/mol. The molecule has 1 unspecified atom stereocenters. The van der Waals surface area contributed by atoms with E-state index in [-0.39, 0.29) is 5.92 Å². The van der Waals surface area contributed by atoms with Crippen molar-refractivity contribution in [3.63, 3.8) is 0 Å². The lowest BCUT2D eigenvalue weighted by Crippen LogP contribution is -2.37. The molecule has 1 aliphatic carbocycles. The van der Waals surface area contributed by atoms with Gasteiger partial charge < -0.3 is 10.4 Å². The van der Waals surface area contributed by atoms with Crippen LogP contribution in [0.15, 0.2) is 11.6 Å². The zero-order chi connectivity index (χ0) is 11.4. The first kappa shape index (κ1) is 11.4. The van der Waals surface area contributed by atoms with Gasteiger partial charge in [0.05, 0.1) is 0 Å². The second kappa shape index (κ2) is 5.30. The van der Waals surface area contributed by atoms with Gasteiger partial charge in [0.25, 0.3) is 0 Å². The number of carboxylic acid groups (broad SMARTS) is 1. The van der Waals surface area contributed by atoms with E-state index in [2.05, 4.69) is 10.3 Å². The minimum absolute atomic E-state index is 0.246. The van der Waals surface area contributed by atoms with Crippen LogP contribution in [0.4, 0.5) is 5.13 Å². The normalized spacial score (nSPS) is 19.2. The van der Waals surface area contributed by atoms with Crippen molar-refractivity contribution in [2.24, 2.45) is 5.92 Å². The fourth-order valence-corrected chi connectivity index (χ4v) is 2.84. The number of aromatic nitrogens is 1. The molecule has 0 radical (unpaired) electrons. The van der Waals surface area contributed by atoms with Crippen molar-refractivity contribution >= 4 is 22.4 Å². The Bertz CT molecular complexity index is 334. The van der Waals surface area contributed by atoms with Crippen LogP contribution in [0.3, 0.4) is 0 Å². The predicted octanol–water partition coefficient (Wildman–Crippen LogP) is 2.59. The van der Waals surface area contributed by atoms with Crippen molar-refractivity contribution in [1.82, 2.24) is 4.98 Å². The van der Waals surface area contributed by atoms with Crippen molar-refractivity contribution in [2.45, 2.75) is 38.1 Å². The van der Waals surface area contributed by atoms with Crippen LogP contribution in [0.25, 0.3) is 0 Å². The molecule has 0 spiro atoms. The third-order valence-corrected chi connectivity index (χ3v) is 3.80. The lowest BCUT2D eigenvalue weighted by Gasteiger charge is -2.27. The number of thiazole rings is 1. The molecule has 1 heterocycles. The number of rotatable bonds is 4. The molecule has 0 bridgehead atoms. The SMILES string of the molecule is O=C(O)C(Nc1nccs1)C1CCCCC1. The Labute approximate surface area is 98.7 Å². The van der Waals surface area contributed by atoms with Gasteiger partial charge >= 0.3 is 5.97 Å². The van der Waals surface area contributed by atoms with Gasteiger partial charge in [0.1, 0.15) is 6.04 Å². The standard InChI is InChI=1S/C11H16N2O2S/c14-10(15)9(8-4-2-1-3-5-8)13-11-12-6-7-16-11/h6-9H,1-5H2,(H,12,13)(H,14,15). The maximum Gasteiger partial charge on any atom is 0.326 e. The monoisotopic (exact) mass is 240 g/mol. The summed E-state index contributed by atoms with van der Waals surface area (Å²) in [7, 11) is 0. The minimum atomic E-state index is -0.762. The summed E-state index contributed by atoms with van der Waals surface area (Å²) in [6.07, 6.45) is 7.24. The van der Waals surface area contributed by atoms with E-state index in [0.29, 0.717) is 5.13 Å². The Kier molecular flexibility index (Phi) is 3.77. The molecular formula is C11H16N2O2S. The van der Waals surface area contributed by atoms with Gasteiger partial charge in [0, 0.05) is 11.6 Å². The number of nitrogens with zero attached hydrogens (tertiary/aromatic N) is 1. The summed E-state index contributed by atoms with van der Waals surface area (Å²) >= 11 is 1.45. The van der Waals surface area contributed by atoms with E-state index in [9.17, 15) is 9.90 Å². The number of aliphatic carboxylic acids is 1. The molecule has 1 fully saturated rings. The van der Waals surface area contributed by atoms with Gasteiger partial charge in [-0.05, 0) is 18.8 Å². The lowest BCUT2D eigenvalue weighted by molar-refractivity contribution is -0.139. The summed E-state index contributed by atoms with van der Waals surface area (Å²) in [6.45, 7) is 0. The molecule has 0 aromatic carbocycles. The summed E-state index contributed by atoms with van der Waals surface area (Å²) in [5.74, 6) is -0.516. The maximum atomic E-state index is 11.2. The Morgan fingerprint density at radius 2 is 2.25 bits per heavy atom. The lowest BCUT2D eigenvalue weighted by atomic mass is 9.84. The highest BCUT2D eigenvalue weighted by Gasteiger charge is 2.29. The fraction of sp³-hybridized carbons (Fsp3) is 0.636. The van der Waals surface area contributed by atoms with Crippen LogP contribution in [0.5, 0.6) is 0 Å². The summed E-state index contributed by atoms with van der Waals surface area (Å²) in [5, 5.41) is 14.8. The van der Waals surface area contributed by atoms with Crippen LogP contribution < -0.4 is 5.32 Å². The zero-order valence-corrected chi connectivity index (χ0v) is 9.87. The molecule has 1 atom stereocenters. The molecule has 2 N–H and O–H groups in total. The molecule has 2 rings (SSSR count). The molecule has 88 valence electrons. The molecule has 16 heavy (non-hydrogen) atoms. The van der Waals surface area contributed by atoms with E-state index < -0.39 is 12.0 Å².